The largest absolute Gasteiger partial charge is 0.496 e. The van der Waals surface area contributed by atoms with Crippen LogP contribution in [0.5, 0.6) is 5.75 Å². The molecule has 1 aromatic heterocycles. The minimum Gasteiger partial charge on any atom is -0.496 e. The smallest absolute Gasteiger partial charge is 0.336 e. The van der Waals surface area contributed by atoms with Gasteiger partial charge >= 0.3 is 11.6 Å². The Kier molecular flexibility index (Phi) is 6.08. The molecule has 0 saturated heterocycles. The molecule has 0 radical (unpaired) electrons. The molecule has 146 valence electrons. The van der Waals surface area contributed by atoms with E-state index in [4.69, 9.17) is 13.9 Å². The first-order valence-electron chi connectivity index (χ1n) is 8.38. The number of methoxy groups -OCH3 is 1. The number of rotatable bonds is 6. The van der Waals surface area contributed by atoms with Gasteiger partial charge in [-0.2, -0.15) is 0 Å². The summed E-state index contributed by atoms with van der Waals surface area (Å²) in [4.78, 5) is 23.5. The van der Waals surface area contributed by atoms with Crippen molar-refractivity contribution in [3.8, 4) is 5.75 Å². The van der Waals surface area contributed by atoms with Crippen LogP contribution >= 0.6 is 0 Å². The van der Waals surface area contributed by atoms with Gasteiger partial charge in [-0.1, -0.05) is 6.58 Å². The molecular formula is C20H24O7. The lowest BCUT2D eigenvalue weighted by Crippen LogP contribution is -2.28. The molecule has 7 nitrogen and oxygen atoms in total. The van der Waals surface area contributed by atoms with Crippen molar-refractivity contribution >= 4 is 16.9 Å². The number of carbonyl (C=O) groups is 1. The van der Waals surface area contributed by atoms with Crippen molar-refractivity contribution in [2.24, 2.45) is 5.41 Å². The average molecular weight is 376 g/mol. The summed E-state index contributed by atoms with van der Waals surface area (Å²) in [5.41, 5.74) is -0.989. The molecule has 2 atom stereocenters. The highest BCUT2D eigenvalue weighted by molar-refractivity contribution is 5.82. The summed E-state index contributed by atoms with van der Waals surface area (Å²) in [7, 11) is 1.39. The van der Waals surface area contributed by atoms with E-state index in [1.54, 1.807) is 39.0 Å². The minimum atomic E-state index is -1.50. The van der Waals surface area contributed by atoms with Crippen LogP contribution in [0.15, 0.2) is 45.6 Å². The summed E-state index contributed by atoms with van der Waals surface area (Å²) in [6.07, 6.45) is -2.97. The topological polar surface area (TPSA) is 106 Å². The lowest BCUT2D eigenvalue weighted by molar-refractivity contribution is -0.152. The Morgan fingerprint density at radius 1 is 1.22 bits per heavy atom. The van der Waals surface area contributed by atoms with Gasteiger partial charge in [0.15, 0.2) is 0 Å². The zero-order chi connectivity index (χ0) is 20.4. The van der Waals surface area contributed by atoms with E-state index in [-0.39, 0.29) is 29.1 Å². The van der Waals surface area contributed by atoms with Crippen LogP contribution in [-0.2, 0) is 9.53 Å². The lowest BCUT2D eigenvalue weighted by atomic mass is 9.96. The van der Waals surface area contributed by atoms with Crippen molar-refractivity contribution in [1.29, 1.82) is 0 Å². The Balaban J connectivity index is 2.32. The normalized spacial score (nSPS) is 13.9. The Morgan fingerprint density at radius 2 is 1.85 bits per heavy atom. The molecule has 0 bridgehead atoms. The van der Waals surface area contributed by atoms with Gasteiger partial charge in [0.05, 0.1) is 18.1 Å². The monoisotopic (exact) mass is 376 g/mol. The van der Waals surface area contributed by atoms with Crippen molar-refractivity contribution in [2.45, 2.75) is 33.0 Å². The van der Waals surface area contributed by atoms with E-state index in [2.05, 4.69) is 6.58 Å². The van der Waals surface area contributed by atoms with Crippen molar-refractivity contribution in [3.63, 3.8) is 0 Å². The standard InChI is InChI=1S/C20H24O7/c1-11(10-26-19(24)20(2,3)4)16(22)17(23)15-13(25-5)8-6-12-7-9-14(21)27-18(12)15/h6-9,16-17,22-23H,1,10H2,2-5H3/t16-,17+/m1/s1. The van der Waals surface area contributed by atoms with Crippen LogP contribution in [0.2, 0.25) is 0 Å². The fourth-order valence-corrected chi connectivity index (χ4v) is 2.44. The van der Waals surface area contributed by atoms with E-state index in [1.807, 2.05) is 0 Å². The molecule has 2 N–H and O–H groups in total. The number of ether oxygens (including phenoxy) is 2. The molecule has 0 aliphatic rings. The number of carbonyl (C=O) groups excluding carboxylic acids is 1. The Morgan fingerprint density at radius 3 is 2.44 bits per heavy atom. The van der Waals surface area contributed by atoms with Gasteiger partial charge in [0.2, 0.25) is 0 Å². The van der Waals surface area contributed by atoms with Gasteiger partial charge in [-0.25, -0.2) is 4.79 Å². The molecule has 0 aliphatic carbocycles. The SMILES string of the molecule is C=C(COC(=O)C(C)(C)C)[C@@H](O)[C@@H](O)c1c(OC)ccc2ccc(=O)oc12. The predicted octanol–water partition coefficient (Wildman–Crippen LogP) is 2.34. The first kappa shape index (κ1) is 20.7. The van der Waals surface area contributed by atoms with Gasteiger partial charge in [-0.3, -0.25) is 4.79 Å². The predicted molar refractivity (Wildman–Crippen MR) is 99.6 cm³/mol. The first-order valence-corrected chi connectivity index (χ1v) is 8.38. The van der Waals surface area contributed by atoms with Gasteiger partial charge in [0.25, 0.3) is 0 Å². The number of aliphatic hydroxyl groups is 2. The second kappa shape index (κ2) is 7.94. The fourth-order valence-electron chi connectivity index (χ4n) is 2.44. The summed E-state index contributed by atoms with van der Waals surface area (Å²) >= 11 is 0. The van der Waals surface area contributed by atoms with Crippen LogP contribution in [-0.4, -0.2) is 36.0 Å². The summed E-state index contributed by atoms with van der Waals surface area (Å²) in [5.74, 6) is -0.220. The Labute approximate surface area is 156 Å². The zero-order valence-electron chi connectivity index (χ0n) is 15.8. The molecule has 27 heavy (non-hydrogen) atoms. The molecule has 2 rings (SSSR count). The third-order valence-electron chi connectivity index (χ3n) is 4.02. The van der Waals surface area contributed by atoms with Gasteiger partial charge in [0, 0.05) is 11.5 Å². The van der Waals surface area contributed by atoms with Crippen LogP contribution in [0, 0.1) is 5.41 Å². The maximum Gasteiger partial charge on any atom is 0.336 e. The highest BCUT2D eigenvalue weighted by Gasteiger charge is 2.29. The summed E-state index contributed by atoms with van der Waals surface area (Å²) in [6, 6.07) is 6.06. The van der Waals surface area contributed by atoms with E-state index in [1.165, 1.54) is 13.2 Å². The first-order chi connectivity index (χ1) is 12.6. The molecule has 0 saturated carbocycles. The molecule has 0 amide bonds. The van der Waals surface area contributed by atoms with Gasteiger partial charge in [-0.05, 0) is 44.5 Å². The Hall–Kier alpha value is -2.64. The fraction of sp³-hybridized carbons (Fsp3) is 0.400. The molecule has 0 spiro atoms. The molecule has 0 fully saturated rings. The van der Waals surface area contributed by atoms with Crippen LogP contribution in [0.4, 0.5) is 0 Å². The van der Waals surface area contributed by atoms with Crippen molar-refractivity contribution in [3.05, 3.63) is 52.4 Å². The van der Waals surface area contributed by atoms with Crippen molar-refractivity contribution in [1.82, 2.24) is 0 Å². The molecule has 0 unspecified atom stereocenters. The zero-order valence-corrected chi connectivity index (χ0v) is 15.8. The third kappa shape index (κ3) is 4.56. The molecule has 0 aliphatic heterocycles. The van der Waals surface area contributed by atoms with E-state index >= 15 is 0 Å². The van der Waals surface area contributed by atoms with E-state index in [0.29, 0.717) is 5.39 Å². The van der Waals surface area contributed by atoms with Crippen molar-refractivity contribution < 1.29 is 28.9 Å². The van der Waals surface area contributed by atoms with Gasteiger partial charge in [0.1, 0.15) is 30.1 Å². The molecular weight excluding hydrogens is 352 g/mol. The van der Waals surface area contributed by atoms with Crippen LogP contribution < -0.4 is 10.4 Å². The summed E-state index contributed by atoms with van der Waals surface area (Å²) in [5, 5.41) is 21.7. The Bertz CT molecular complexity index is 905. The van der Waals surface area contributed by atoms with E-state index in [0.717, 1.165) is 0 Å². The number of hydrogen-bond acceptors (Lipinski definition) is 7. The van der Waals surface area contributed by atoms with Crippen molar-refractivity contribution in [2.75, 3.05) is 13.7 Å². The number of esters is 1. The van der Waals surface area contributed by atoms with Gasteiger partial charge < -0.3 is 24.1 Å². The second-order valence-electron chi connectivity index (χ2n) is 7.23. The molecule has 7 heteroatoms. The number of benzene rings is 1. The number of fused-ring (bicyclic) bond motifs is 1. The van der Waals surface area contributed by atoms with E-state index in [9.17, 15) is 19.8 Å². The third-order valence-corrected chi connectivity index (χ3v) is 4.02. The number of aliphatic hydroxyl groups excluding tert-OH is 2. The molecule has 1 aromatic carbocycles. The van der Waals surface area contributed by atoms with Crippen LogP contribution in [0.25, 0.3) is 11.0 Å². The maximum absolute atomic E-state index is 11.9. The quantitative estimate of drug-likeness (QED) is 0.453. The highest BCUT2D eigenvalue weighted by Crippen LogP contribution is 2.35. The highest BCUT2D eigenvalue weighted by atomic mass is 16.5. The number of hydrogen-bond donors (Lipinski definition) is 2. The maximum atomic E-state index is 11.9. The molecule has 1 heterocycles. The van der Waals surface area contributed by atoms with Crippen LogP contribution in [0.1, 0.15) is 32.4 Å². The summed E-state index contributed by atoms with van der Waals surface area (Å²) < 4.78 is 15.6. The molecule has 2 aromatic rings. The lowest BCUT2D eigenvalue weighted by Gasteiger charge is -2.23. The van der Waals surface area contributed by atoms with Crippen LogP contribution in [0.3, 0.4) is 0 Å². The second-order valence-corrected chi connectivity index (χ2v) is 7.23. The minimum absolute atomic E-state index is 0.0948. The average Bonchev–Trinajstić information content (AvgIpc) is 2.62. The van der Waals surface area contributed by atoms with E-state index < -0.39 is 29.2 Å². The van der Waals surface area contributed by atoms with Gasteiger partial charge in [-0.15, -0.1) is 0 Å². The summed E-state index contributed by atoms with van der Waals surface area (Å²) in [6.45, 7) is 8.53.